The van der Waals surface area contributed by atoms with Gasteiger partial charge in [-0.3, -0.25) is 0 Å². The van der Waals surface area contributed by atoms with E-state index in [0.29, 0.717) is 0 Å². The van der Waals surface area contributed by atoms with E-state index in [-0.39, 0.29) is 23.0 Å². The van der Waals surface area contributed by atoms with Crippen molar-refractivity contribution in [3.8, 4) is 5.75 Å². The molecule has 1 aliphatic rings. The van der Waals surface area contributed by atoms with Gasteiger partial charge in [-0.05, 0) is 37.6 Å². The van der Waals surface area contributed by atoms with Crippen molar-refractivity contribution in [2.45, 2.75) is 25.3 Å². The summed E-state index contributed by atoms with van der Waals surface area (Å²) in [6.07, 6.45) is 3.40. The lowest BCUT2D eigenvalue weighted by Crippen LogP contribution is -2.46. The zero-order chi connectivity index (χ0) is 13.2. The number of hydrogen-bond donors (Lipinski definition) is 2. The summed E-state index contributed by atoms with van der Waals surface area (Å²) in [7, 11) is 3.40. The second kappa shape index (κ2) is 5.24. The fraction of sp³-hybridized carbons (Fsp3) is 0.571. The smallest absolute Gasteiger partial charge is 0.165 e. The summed E-state index contributed by atoms with van der Waals surface area (Å²) in [5.74, 6) is -0.0772. The van der Waals surface area contributed by atoms with Crippen LogP contribution in [0.2, 0.25) is 0 Å². The Labute approximate surface area is 108 Å². The first-order valence-electron chi connectivity index (χ1n) is 6.36. The zero-order valence-corrected chi connectivity index (χ0v) is 11.0. The number of benzene rings is 1. The molecule has 0 aromatic heterocycles. The third kappa shape index (κ3) is 2.22. The number of rotatable bonds is 5. The van der Waals surface area contributed by atoms with Gasteiger partial charge < -0.3 is 15.8 Å². The lowest BCUT2D eigenvalue weighted by atomic mass is 9.62. The van der Waals surface area contributed by atoms with Gasteiger partial charge in [0.1, 0.15) is 0 Å². The summed E-state index contributed by atoms with van der Waals surface area (Å²) in [4.78, 5) is 0. The van der Waals surface area contributed by atoms with Crippen molar-refractivity contribution in [1.29, 1.82) is 0 Å². The van der Waals surface area contributed by atoms with Gasteiger partial charge in [0, 0.05) is 18.0 Å². The van der Waals surface area contributed by atoms with Gasteiger partial charge in [0.25, 0.3) is 0 Å². The van der Waals surface area contributed by atoms with Crippen molar-refractivity contribution in [3.63, 3.8) is 0 Å². The van der Waals surface area contributed by atoms with E-state index in [9.17, 15) is 4.39 Å². The normalized spacial score (nSPS) is 19.1. The molecular weight excluding hydrogens is 231 g/mol. The monoisotopic (exact) mass is 252 g/mol. The van der Waals surface area contributed by atoms with Crippen LogP contribution < -0.4 is 15.8 Å². The Morgan fingerprint density at radius 3 is 2.67 bits per heavy atom. The predicted molar refractivity (Wildman–Crippen MR) is 70.1 cm³/mol. The van der Waals surface area contributed by atoms with Gasteiger partial charge in [0.2, 0.25) is 0 Å². The van der Waals surface area contributed by atoms with Crippen LogP contribution in [0.3, 0.4) is 0 Å². The first-order chi connectivity index (χ1) is 8.63. The second-order valence-corrected chi connectivity index (χ2v) is 5.12. The predicted octanol–water partition coefficient (Wildman–Crippen LogP) is 2.22. The van der Waals surface area contributed by atoms with Crippen LogP contribution >= 0.6 is 0 Å². The fourth-order valence-electron chi connectivity index (χ4n) is 2.81. The molecule has 0 aliphatic heterocycles. The molecule has 3 nitrogen and oxygen atoms in total. The molecule has 1 saturated carbocycles. The van der Waals surface area contributed by atoms with Crippen molar-refractivity contribution in [2.75, 3.05) is 20.7 Å². The van der Waals surface area contributed by atoms with Crippen molar-refractivity contribution < 1.29 is 9.13 Å². The highest BCUT2D eigenvalue weighted by atomic mass is 19.1. The maximum Gasteiger partial charge on any atom is 0.165 e. The van der Waals surface area contributed by atoms with E-state index in [0.717, 1.165) is 24.9 Å². The number of nitrogens with one attached hydrogen (secondary N) is 1. The van der Waals surface area contributed by atoms with Crippen molar-refractivity contribution in [2.24, 2.45) is 11.1 Å². The van der Waals surface area contributed by atoms with Crippen LogP contribution in [0.25, 0.3) is 0 Å². The quantitative estimate of drug-likeness (QED) is 0.844. The summed E-state index contributed by atoms with van der Waals surface area (Å²) < 4.78 is 18.6. The molecule has 1 aliphatic carbocycles. The summed E-state index contributed by atoms with van der Waals surface area (Å²) >= 11 is 0. The SMILES string of the molecule is CNCC1(C(N)c2ccc(OC)c(F)c2)CCC1. The highest BCUT2D eigenvalue weighted by Gasteiger charge is 2.42. The van der Waals surface area contributed by atoms with Gasteiger partial charge >= 0.3 is 0 Å². The average Bonchev–Trinajstić information content (AvgIpc) is 2.33. The minimum Gasteiger partial charge on any atom is -0.494 e. The van der Waals surface area contributed by atoms with Crippen LogP contribution in [-0.4, -0.2) is 20.7 Å². The summed E-state index contributed by atoms with van der Waals surface area (Å²) in [6, 6.07) is 4.89. The lowest BCUT2D eigenvalue weighted by Gasteiger charge is -2.46. The van der Waals surface area contributed by atoms with Gasteiger partial charge in [0.15, 0.2) is 11.6 Å². The third-order valence-corrected chi connectivity index (χ3v) is 4.07. The summed E-state index contributed by atoms with van der Waals surface area (Å²) in [6.45, 7) is 0.877. The fourth-order valence-corrected chi connectivity index (χ4v) is 2.81. The van der Waals surface area contributed by atoms with Gasteiger partial charge in [-0.25, -0.2) is 4.39 Å². The van der Waals surface area contributed by atoms with Gasteiger partial charge in [0.05, 0.1) is 7.11 Å². The summed E-state index contributed by atoms with van der Waals surface area (Å²) in [5.41, 5.74) is 7.26. The molecule has 0 spiro atoms. The molecule has 0 bridgehead atoms. The molecule has 18 heavy (non-hydrogen) atoms. The highest BCUT2D eigenvalue weighted by Crippen LogP contribution is 2.48. The van der Waals surface area contributed by atoms with Gasteiger partial charge in [-0.2, -0.15) is 0 Å². The molecule has 0 radical (unpaired) electrons. The number of hydrogen-bond acceptors (Lipinski definition) is 3. The van der Waals surface area contributed by atoms with Crippen molar-refractivity contribution >= 4 is 0 Å². The zero-order valence-electron chi connectivity index (χ0n) is 11.0. The molecule has 1 fully saturated rings. The van der Waals surface area contributed by atoms with Crippen molar-refractivity contribution in [3.05, 3.63) is 29.6 Å². The van der Waals surface area contributed by atoms with Crippen LogP contribution in [0.1, 0.15) is 30.9 Å². The second-order valence-electron chi connectivity index (χ2n) is 5.12. The number of nitrogens with two attached hydrogens (primary N) is 1. The third-order valence-electron chi connectivity index (χ3n) is 4.07. The van der Waals surface area contributed by atoms with E-state index in [1.54, 1.807) is 6.07 Å². The van der Waals surface area contributed by atoms with E-state index >= 15 is 0 Å². The maximum absolute atomic E-state index is 13.7. The number of halogens is 1. The average molecular weight is 252 g/mol. The first kappa shape index (κ1) is 13.3. The van der Waals surface area contributed by atoms with E-state index in [1.807, 2.05) is 13.1 Å². The maximum atomic E-state index is 13.7. The Kier molecular flexibility index (Phi) is 3.88. The minimum absolute atomic E-state index is 0.0791. The van der Waals surface area contributed by atoms with Crippen LogP contribution in [-0.2, 0) is 0 Å². The highest BCUT2D eigenvalue weighted by molar-refractivity contribution is 5.32. The van der Waals surface area contributed by atoms with Crippen LogP contribution in [0.4, 0.5) is 4.39 Å². The Hall–Kier alpha value is -1.13. The molecule has 0 amide bonds. The Bertz CT molecular complexity index is 418. The van der Waals surface area contributed by atoms with Crippen LogP contribution in [0.5, 0.6) is 5.75 Å². The van der Waals surface area contributed by atoms with Gasteiger partial charge in [-0.1, -0.05) is 12.5 Å². The molecule has 1 aromatic rings. The molecule has 0 heterocycles. The van der Waals surface area contributed by atoms with Crippen molar-refractivity contribution in [1.82, 2.24) is 5.32 Å². The molecule has 1 atom stereocenters. The Morgan fingerprint density at radius 1 is 1.50 bits per heavy atom. The lowest BCUT2D eigenvalue weighted by molar-refractivity contribution is 0.0945. The molecule has 4 heteroatoms. The Morgan fingerprint density at radius 2 is 2.22 bits per heavy atom. The van der Waals surface area contributed by atoms with Crippen LogP contribution in [0, 0.1) is 11.2 Å². The first-order valence-corrected chi connectivity index (χ1v) is 6.36. The molecule has 0 saturated heterocycles. The Balaban J connectivity index is 2.22. The largest absolute Gasteiger partial charge is 0.494 e. The topological polar surface area (TPSA) is 47.3 Å². The molecule has 1 aromatic carbocycles. The van der Waals surface area contributed by atoms with E-state index in [1.165, 1.54) is 19.6 Å². The number of ether oxygens (including phenoxy) is 1. The summed E-state index contributed by atoms with van der Waals surface area (Å²) in [5, 5.41) is 3.20. The van der Waals surface area contributed by atoms with E-state index in [4.69, 9.17) is 10.5 Å². The molecule has 3 N–H and O–H groups in total. The molecule has 1 unspecified atom stereocenters. The minimum atomic E-state index is -0.343. The number of methoxy groups -OCH3 is 1. The molecule has 100 valence electrons. The van der Waals surface area contributed by atoms with Gasteiger partial charge in [-0.15, -0.1) is 0 Å². The van der Waals surface area contributed by atoms with E-state index in [2.05, 4.69) is 5.32 Å². The standard InChI is InChI=1S/C14H21FN2O/c1-17-9-14(6-3-7-14)13(16)10-4-5-12(18-2)11(15)8-10/h4-5,8,13,17H,3,6-7,9,16H2,1-2H3. The molecular formula is C14H21FN2O. The van der Waals surface area contributed by atoms with E-state index < -0.39 is 0 Å². The van der Waals surface area contributed by atoms with Crippen LogP contribution in [0.15, 0.2) is 18.2 Å². The molecule has 2 rings (SSSR count).